The van der Waals surface area contributed by atoms with Crippen LogP contribution in [0.25, 0.3) is 0 Å². The van der Waals surface area contributed by atoms with E-state index in [0.29, 0.717) is 5.56 Å². The fourth-order valence-electron chi connectivity index (χ4n) is 1.83. The number of para-hydroxylation sites is 1. The molecule has 0 aliphatic rings. The molecule has 2 aromatic rings. The minimum absolute atomic E-state index is 0.0746. The molecule has 0 aromatic heterocycles. The lowest BCUT2D eigenvalue weighted by molar-refractivity contribution is -0.384. The molecule has 0 fully saturated rings. The number of amides is 1. The number of nitrogen functional groups attached to an aromatic ring is 1. The van der Waals surface area contributed by atoms with Gasteiger partial charge in [0.15, 0.2) is 0 Å². The Morgan fingerprint density at radius 2 is 1.90 bits per heavy atom. The van der Waals surface area contributed by atoms with Gasteiger partial charge >= 0.3 is 5.69 Å². The van der Waals surface area contributed by atoms with Gasteiger partial charge in [0.2, 0.25) is 0 Å². The molecule has 6 nitrogen and oxygen atoms in total. The van der Waals surface area contributed by atoms with Gasteiger partial charge in [0.25, 0.3) is 5.91 Å². The van der Waals surface area contributed by atoms with Crippen LogP contribution in [0.5, 0.6) is 0 Å². The van der Waals surface area contributed by atoms with Crippen molar-refractivity contribution in [3.8, 4) is 0 Å². The van der Waals surface area contributed by atoms with Gasteiger partial charge in [-0.1, -0.05) is 18.2 Å². The number of halogens is 1. The van der Waals surface area contributed by atoms with E-state index in [9.17, 15) is 19.3 Å². The smallest absolute Gasteiger partial charge is 0.304 e. The summed E-state index contributed by atoms with van der Waals surface area (Å²) in [6, 6.07) is 9.72. The molecule has 0 bridgehead atoms. The molecule has 0 spiro atoms. The van der Waals surface area contributed by atoms with Gasteiger partial charge in [0.1, 0.15) is 17.1 Å². The lowest BCUT2D eigenvalue weighted by Crippen LogP contribution is -2.24. The predicted octanol–water partition coefficient (Wildman–Crippen LogP) is 2.25. The van der Waals surface area contributed by atoms with Crippen molar-refractivity contribution in [2.24, 2.45) is 0 Å². The van der Waals surface area contributed by atoms with E-state index in [0.717, 1.165) is 0 Å². The Bertz CT molecular complexity index is 686. The average Bonchev–Trinajstić information content (AvgIpc) is 2.45. The molecule has 7 heteroatoms. The van der Waals surface area contributed by atoms with Crippen LogP contribution in [0.3, 0.4) is 0 Å². The van der Waals surface area contributed by atoms with Gasteiger partial charge < -0.3 is 11.1 Å². The molecule has 0 saturated carbocycles. The molecule has 0 radical (unpaired) electrons. The Labute approximate surface area is 119 Å². The van der Waals surface area contributed by atoms with Crippen molar-refractivity contribution in [3.63, 3.8) is 0 Å². The zero-order valence-corrected chi connectivity index (χ0v) is 10.9. The van der Waals surface area contributed by atoms with Crippen LogP contribution in [0, 0.1) is 15.9 Å². The molecule has 0 heterocycles. The van der Waals surface area contributed by atoms with Crippen molar-refractivity contribution in [1.82, 2.24) is 5.32 Å². The van der Waals surface area contributed by atoms with Gasteiger partial charge in [0.05, 0.1) is 4.92 Å². The second-order valence-corrected chi connectivity index (χ2v) is 4.31. The molecule has 0 aliphatic carbocycles. The highest BCUT2D eigenvalue weighted by molar-refractivity contribution is 6.00. The molecular weight excluding hydrogens is 277 g/mol. The van der Waals surface area contributed by atoms with Crippen molar-refractivity contribution in [3.05, 3.63) is 69.5 Å². The van der Waals surface area contributed by atoms with Crippen molar-refractivity contribution in [2.45, 2.75) is 6.54 Å². The minimum Gasteiger partial charge on any atom is -0.393 e. The maximum atomic E-state index is 12.8. The molecule has 0 unspecified atom stereocenters. The van der Waals surface area contributed by atoms with Crippen LogP contribution in [0.2, 0.25) is 0 Å². The average molecular weight is 289 g/mol. The lowest BCUT2D eigenvalue weighted by Gasteiger charge is -2.07. The van der Waals surface area contributed by atoms with Crippen LogP contribution in [0.15, 0.2) is 42.5 Å². The van der Waals surface area contributed by atoms with E-state index in [1.54, 1.807) is 0 Å². The highest BCUT2D eigenvalue weighted by atomic mass is 19.1. The highest BCUT2D eigenvalue weighted by Crippen LogP contribution is 2.25. The van der Waals surface area contributed by atoms with E-state index in [1.165, 1.54) is 42.5 Å². The molecule has 0 aliphatic heterocycles. The lowest BCUT2D eigenvalue weighted by atomic mass is 10.1. The number of rotatable bonds is 4. The van der Waals surface area contributed by atoms with Crippen molar-refractivity contribution < 1.29 is 14.1 Å². The number of nitro benzene ring substituents is 1. The maximum Gasteiger partial charge on any atom is 0.304 e. The number of nitro groups is 1. The molecule has 108 valence electrons. The minimum atomic E-state index is -0.692. The third kappa shape index (κ3) is 3.33. The Kier molecular flexibility index (Phi) is 4.13. The molecule has 0 atom stereocenters. The number of hydrogen-bond acceptors (Lipinski definition) is 4. The maximum absolute atomic E-state index is 12.8. The topological polar surface area (TPSA) is 98.3 Å². The number of nitrogens with two attached hydrogens (primary N) is 1. The summed E-state index contributed by atoms with van der Waals surface area (Å²) >= 11 is 0. The van der Waals surface area contributed by atoms with Crippen LogP contribution in [0.4, 0.5) is 15.8 Å². The Morgan fingerprint density at radius 3 is 2.52 bits per heavy atom. The fourth-order valence-corrected chi connectivity index (χ4v) is 1.83. The summed E-state index contributed by atoms with van der Waals surface area (Å²) in [6.07, 6.45) is 0. The number of carbonyl (C=O) groups excluding carboxylic acids is 1. The summed E-state index contributed by atoms with van der Waals surface area (Å²) < 4.78 is 12.8. The first kappa shape index (κ1) is 14.4. The normalized spacial score (nSPS) is 10.1. The highest BCUT2D eigenvalue weighted by Gasteiger charge is 2.22. The summed E-state index contributed by atoms with van der Waals surface area (Å²) in [5.74, 6) is -0.991. The molecular formula is C14H12FN3O3. The van der Waals surface area contributed by atoms with Crippen LogP contribution in [0.1, 0.15) is 15.9 Å². The first-order valence-corrected chi connectivity index (χ1v) is 6.04. The quantitative estimate of drug-likeness (QED) is 0.512. The van der Waals surface area contributed by atoms with Gasteiger partial charge in [0, 0.05) is 6.54 Å². The monoisotopic (exact) mass is 289 g/mol. The Morgan fingerprint density at radius 1 is 1.24 bits per heavy atom. The van der Waals surface area contributed by atoms with Gasteiger partial charge in [-0.2, -0.15) is 0 Å². The van der Waals surface area contributed by atoms with Gasteiger partial charge in [-0.3, -0.25) is 14.9 Å². The predicted molar refractivity (Wildman–Crippen MR) is 75.1 cm³/mol. The van der Waals surface area contributed by atoms with Gasteiger partial charge in [-0.05, 0) is 29.8 Å². The van der Waals surface area contributed by atoms with Gasteiger partial charge in [-0.25, -0.2) is 4.39 Å². The Hall–Kier alpha value is -2.96. The van der Waals surface area contributed by atoms with Crippen molar-refractivity contribution in [2.75, 3.05) is 5.73 Å². The van der Waals surface area contributed by atoms with E-state index in [2.05, 4.69) is 5.32 Å². The van der Waals surface area contributed by atoms with E-state index >= 15 is 0 Å². The van der Waals surface area contributed by atoms with Crippen LogP contribution >= 0.6 is 0 Å². The van der Waals surface area contributed by atoms with Crippen molar-refractivity contribution in [1.29, 1.82) is 0 Å². The Balaban J connectivity index is 2.16. The number of nitrogens with one attached hydrogen (secondary N) is 1. The summed E-state index contributed by atoms with van der Waals surface area (Å²) in [4.78, 5) is 22.3. The third-order valence-corrected chi connectivity index (χ3v) is 2.86. The zero-order chi connectivity index (χ0) is 15.4. The molecule has 0 saturated heterocycles. The summed E-state index contributed by atoms with van der Waals surface area (Å²) in [7, 11) is 0. The molecule has 1 amide bonds. The fraction of sp³-hybridized carbons (Fsp3) is 0.0714. The molecule has 3 N–H and O–H groups in total. The first-order chi connectivity index (χ1) is 9.99. The van der Waals surface area contributed by atoms with Crippen LogP contribution < -0.4 is 11.1 Å². The molecule has 2 rings (SSSR count). The first-order valence-electron chi connectivity index (χ1n) is 6.04. The van der Waals surface area contributed by atoms with Crippen LogP contribution in [-0.4, -0.2) is 10.8 Å². The number of benzene rings is 2. The van der Waals surface area contributed by atoms with Crippen molar-refractivity contribution >= 4 is 17.3 Å². The summed E-state index contributed by atoms with van der Waals surface area (Å²) in [5, 5.41) is 13.5. The second kappa shape index (κ2) is 6.00. The summed E-state index contributed by atoms with van der Waals surface area (Å²) in [5.41, 5.74) is 5.59. The zero-order valence-electron chi connectivity index (χ0n) is 10.9. The van der Waals surface area contributed by atoms with Crippen LogP contribution in [-0.2, 0) is 6.54 Å². The second-order valence-electron chi connectivity index (χ2n) is 4.31. The molecule has 21 heavy (non-hydrogen) atoms. The molecule has 2 aromatic carbocycles. The van der Waals surface area contributed by atoms with Gasteiger partial charge in [-0.15, -0.1) is 0 Å². The van der Waals surface area contributed by atoms with E-state index in [4.69, 9.17) is 5.73 Å². The number of anilines is 1. The van der Waals surface area contributed by atoms with E-state index < -0.39 is 16.5 Å². The van der Waals surface area contributed by atoms with E-state index in [-0.39, 0.29) is 23.6 Å². The largest absolute Gasteiger partial charge is 0.393 e. The standard InChI is InChI=1S/C14H12FN3O3/c15-10-6-4-9(5-7-10)8-17-14(19)11-2-1-3-12(16)13(11)18(20)21/h1-7H,8,16H2,(H,17,19). The number of carbonyl (C=O) groups is 1. The number of nitrogens with zero attached hydrogens (tertiary/aromatic N) is 1. The SMILES string of the molecule is Nc1cccc(C(=O)NCc2ccc(F)cc2)c1[N+](=O)[O-]. The summed E-state index contributed by atoms with van der Waals surface area (Å²) in [6.45, 7) is 0.130. The van der Waals surface area contributed by atoms with E-state index in [1.807, 2.05) is 0 Å². The number of hydrogen-bond donors (Lipinski definition) is 2. The third-order valence-electron chi connectivity index (χ3n) is 2.86.